The third-order valence-electron chi connectivity index (χ3n) is 2.61. The van der Waals surface area contributed by atoms with E-state index < -0.39 is 11.7 Å². The topological polar surface area (TPSA) is 17.1 Å². The molecule has 0 radical (unpaired) electrons. The second-order valence-electron chi connectivity index (χ2n) is 3.78. The number of hydrogen-bond donors (Lipinski definition) is 0. The Bertz CT molecular complexity index is 556. The first-order valence-corrected chi connectivity index (χ1v) is 5.24. The summed E-state index contributed by atoms with van der Waals surface area (Å²) in [6.45, 7) is 0. The number of benzene rings is 2. The summed E-state index contributed by atoms with van der Waals surface area (Å²) in [7, 11) is 0. The molecule has 2 aromatic rings. The molecule has 0 N–H and O–H groups in total. The molecule has 0 heterocycles. The summed E-state index contributed by atoms with van der Waals surface area (Å²) in [5, 5.41) is 0. The van der Waals surface area contributed by atoms with Crippen molar-refractivity contribution in [3.8, 4) is 11.1 Å². The molecule has 0 spiro atoms. The van der Waals surface area contributed by atoms with Crippen molar-refractivity contribution in [1.29, 1.82) is 0 Å². The van der Waals surface area contributed by atoms with Gasteiger partial charge in [-0.05, 0) is 23.3 Å². The van der Waals surface area contributed by atoms with Crippen LogP contribution in [0.5, 0.6) is 0 Å². The lowest BCUT2D eigenvalue weighted by Gasteiger charge is -2.08. The highest BCUT2D eigenvalue weighted by molar-refractivity contribution is 5.87. The van der Waals surface area contributed by atoms with Crippen LogP contribution in [0.25, 0.3) is 11.1 Å². The number of hydrogen-bond acceptors (Lipinski definition) is 1. The normalized spacial score (nSPS) is 11.3. The molecule has 2 aromatic carbocycles. The molecule has 18 heavy (non-hydrogen) atoms. The molecule has 0 saturated carbocycles. The molecule has 0 fully saturated rings. The first kappa shape index (κ1) is 12.4. The Hall–Kier alpha value is -2.10. The van der Waals surface area contributed by atoms with Crippen LogP contribution >= 0.6 is 0 Å². The van der Waals surface area contributed by atoms with Crippen molar-refractivity contribution >= 4 is 6.29 Å². The summed E-state index contributed by atoms with van der Waals surface area (Å²) in [6, 6.07) is 11.5. The molecule has 0 bridgehead atoms. The van der Waals surface area contributed by atoms with E-state index in [1.165, 1.54) is 12.1 Å². The van der Waals surface area contributed by atoms with Gasteiger partial charge < -0.3 is 0 Å². The van der Waals surface area contributed by atoms with Gasteiger partial charge in [-0.3, -0.25) is 4.79 Å². The molecule has 0 amide bonds. The average Bonchev–Trinajstić information content (AvgIpc) is 2.38. The van der Waals surface area contributed by atoms with Crippen LogP contribution in [0.1, 0.15) is 15.9 Å². The number of rotatable bonds is 2. The molecule has 0 aliphatic rings. The quantitative estimate of drug-likeness (QED) is 0.730. The largest absolute Gasteiger partial charge is 0.416 e. The lowest BCUT2D eigenvalue weighted by molar-refractivity contribution is -0.137. The average molecular weight is 250 g/mol. The van der Waals surface area contributed by atoms with Gasteiger partial charge in [-0.2, -0.15) is 13.2 Å². The second-order valence-corrected chi connectivity index (χ2v) is 3.78. The maximum absolute atomic E-state index is 12.4. The van der Waals surface area contributed by atoms with Crippen molar-refractivity contribution in [3.63, 3.8) is 0 Å². The first-order chi connectivity index (χ1) is 8.52. The molecule has 0 aromatic heterocycles. The summed E-state index contributed by atoms with van der Waals surface area (Å²) >= 11 is 0. The molecule has 4 heteroatoms. The summed E-state index contributed by atoms with van der Waals surface area (Å²) in [4.78, 5) is 10.8. The van der Waals surface area contributed by atoms with E-state index in [1.54, 1.807) is 24.3 Å². The molecule has 0 atom stereocenters. The fourth-order valence-corrected chi connectivity index (χ4v) is 1.70. The van der Waals surface area contributed by atoms with E-state index in [1.807, 2.05) is 0 Å². The Morgan fingerprint density at radius 3 is 2.06 bits per heavy atom. The minimum absolute atomic E-state index is 0.456. The van der Waals surface area contributed by atoms with Crippen LogP contribution in [-0.4, -0.2) is 6.29 Å². The van der Waals surface area contributed by atoms with E-state index in [2.05, 4.69) is 0 Å². The number of carbonyl (C=O) groups excluding carboxylic acids is 1. The third kappa shape index (κ3) is 2.42. The maximum atomic E-state index is 12.4. The SMILES string of the molecule is O=Cc1ccccc1-c1ccc(C(F)(F)F)cc1. The van der Waals surface area contributed by atoms with Crippen LogP contribution in [0.15, 0.2) is 48.5 Å². The molecular weight excluding hydrogens is 241 g/mol. The zero-order valence-corrected chi connectivity index (χ0v) is 9.24. The van der Waals surface area contributed by atoms with Gasteiger partial charge in [0.05, 0.1) is 5.56 Å². The van der Waals surface area contributed by atoms with E-state index in [0.29, 0.717) is 23.0 Å². The predicted octanol–water partition coefficient (Wildman–Crippen LogP) is 4.18. The highest BCUT2D eigenvalue weighted by Crippen LogP contribution is 2.31. The minimum Gasteiger partial charge on any atom is -0.298 e. The molecular formula is C14H9F3O. The standard InChI is InChI=1S/C14H9F3O/c15-14(16,17)12-7-5-10(6-8-12)13-4-2-1-3-11(13)9-18/h1-9H. The zero-order valence-electron chi connectivity index (χ0n) is 9.24. The van der Waals surface area contributed by atoms with Gasteiger partial charge in [-0.1, -0.05) is 36.4 Å². The van der Waals surface area contributed by atoms with Crippen LogP contribution in [0.2, 0.25) is 0 Å². The Labute approximate surface area is 102 Å². The maximum Gasteiger partial charge on any atom is 0.416 e. The van der Waals surface area contributed by atoms with E-state index in [4.69, 9.17) is 0 Å². The van der Waals surface area contributed by atoms with Crippen LogP contribution in [0, 0.1) is 0 Å². The number of halogens is 3. The molecule has 0 aliphatic carbocycles. The van der Waals surface area contributed by atoms with Gasteiger partial charge in [0.2, 0.25) is 0 Å². The smallest absolute Gasteiger partial charge is 0.298 e. The molecule has 1 nitrogen and oxygen atoms in total. The molecule has 92 valence electrons. The van der Waals surface area contributed by atoms with Crippen molar-refractivity contribution in [1.82, 2.24) is 0 Å². The molecule has 0 unspecified atom stereocenters. The number of alkyl halides is 3. The van der Waals surface area contributed by atoms with E-state index in [-0.39, 0.29) is 0 Å². The van der Waals surface area contributed by atoms with E-state index in [0.717, 1.165) is 12.1 Å². The van der Waals surface area contributed by atoms with Gasteiger partial charge in [0, 0.05) is 5.56 Å². The summed E-state index contributed by atoms with van der Waals surface area (Å²) < 4.78 is 37.2. The van der Waals surface area contributed by atoms with Gasteiger partial charge >= 0.3 is 6.18 Å². The first-order valence-electron chi connectivity index (χ1n) is 5.24. The molecule has 0 saturated heterocycles. The van der Waals surface area contributed by atoms with Crippen LogP contribution in [0.4, 0.5) is 13.2 Å². The van der Waals surface area contributed by atoms with Gasteiger partial charge in [0.1, 0.15) is 0 Å². The Balaban J connectivity index is 2.44. The monoisotopic (exact) mass is 250 g/mol. The Morgan fingerprint density at radius 2 is 1.50 bits per heavy atom. The Kier molecular flexibility index (Phi) is 3.19. The molecule has 0 aliphatic heterocycles. The zero-order chi connectivity index (χ0) is 13.2. The highest BCUT2D eigenvalue weighted by atomic mass is 19.4. The van der Waals surface area contributed by atoms with Crippen molar-refractivity contribution in [2.45, 2.75) is 6.18 Å². The van der Waals surface area contributed by atoms with Crippen molar-refractivity contribution < 1.29 is 18.0 Å². The summed E-state index contributed by atoms with van der Waals surface area (Å²) in [5.74, 6) is 0. The van der Waals surface area contributed by atoms with Gasteiger partial charge in [-0.15, -0.1) is 0 Å². The Morgan fingerprint density at radius 1 is 0.889 bits per heavy atom. The van der Waals surface area contributed by atoms with Crippen molar-refractivity contribution in [3.05, 3.63) is 59.7 Å². The predicted molar refractivity (Wildman–Crippen MR) is 62.3 cm³/mol. The summed E-state index contributed by atoms with van der Waals surface area (Å²) in [5.41, 5.74) is 0.971. The van der Waals surface area contributed by atoms with E-state index in [9.17, 15) is 18.0 Å². The lowest BCUT2D eigenvalue weighted by Crippen LogP contribution is -2.04. The fraction of sp³-hybridized carbons (Fsp3) is 0.0714. The van der Waals surface area contributed by atoms with Crippen molar-refractivity contribution in [2.24, 2.45) is 0 Å². The summed E-state index contributed by atoms with van der Waals surface area (Å²) in [6.07, 6.45) is -3.66. The van der Waals surface area contributed by atoms with Crippen LogP contribution in [0.3, 0.4) is 0 Å². The van der Waals surface area contributed by atoms with Crippen molar-refractivity contribution in [2.75, 3.05) is 0 Å². The van der Waals surface area contributed by atoms with E-state index >= 15 is 0 Å². The second kappa shape index (κ2) is 4.64. The van der Waals surface area contributed by atoms with Gasteiger partial charge in [-0.25, -0.2) is 0 Å². The molecule has 2 rings (SSSR count). The fourth-order valence-electron chi connectivity index (χ4n) is 1.70. The van der Waals surface area contributed by atoms with Gasteiger partial charge in [0.25, 0.3) is 0 Å². The number of carbonyl (C=O) groups is 1. The van der Waals surface area contributed by atoms with Gasteiger partial charge in [0.15, 0.2) is 6.29 Å². The third-order valence-corrected chi connectivity index (χ3v) is 2.61. The van der Waals surface area contributed by atoms with Crippen LogP contribution in [-0.2, 0) is 6.18 Å². The minimum atomic E-state index is -4.34. The number of aldehydes is 1. The van der Waals surface area contributed by atoms with Crippen LogP contribution < -0.4 is 0 Å². The lowest BCUT2D eigenvalue weighted by atomic mass is 9.99. The highest BCUT2D eigenvalue weighted by Gasteiger charge is 2.29.